The third-order valence-electron chi connectivity index (χ3n) is 2.23. The Bertz CT molecular complexity index is 396. The molecule has 0 saturated carbocycles. The highest BCUT2D eigenvalue weighted by Crippen LogP contribution is 2.27. The van der Waals surface area contributed by atoms with Gasteiger partial charge in [-0.25, -0.2) is 4.39 Å². The first kappa shape index (κ1) is 14.4. The zero-order valence-corrected chi connectivity index (χ0v) is 11.7. The summed E-state index contributed by atoms with van der Waals surface area (Å²) in [6, 6.07) is 2.49. The van der Waals surface area contributed by atoms with Gasteiger partial charge >= 0.3 is 0 Å². The molecule has 0 aromatic heterocycles. The summed E-state index contributed by atoms with van der Waals surface area (Å²) in [6.07, 6.45) is 0. The van der Waals surface area contributed by atoms with E-state index in [1.807, 2.05) is 20.9 Å². The molecule has 96 valence electrons. The van der Waals surface area contributed by atoms with Crippen LogP contribution in [0.1, 0.15) is 13.8 Å². The first-order chi connectivity index (χ1) is 7.85. The van der Waals surface area contributed by atoms with Crippen molar-refractivity contribution in [3.63, 3.8) is 0 Å². The lowest BCUT2D eigenvalue weighted by atomic mass is 9.95. The van der Waals surface area contributed by atoms with E-state index in [1.54, 1.807) is 0 Å². The average Bonchev–Trinajstić information content (AvgIpc) is 2.21. The van der Waals surface area contributed by atoms with E-state index in [0.29, 0.717) is 11.1 Å². The molecule has 1 aromatic carbocycles. The van der Waals surface area contributed by atoms with E-state index in [1.165, 1.54) is 6.07 Å². The molecule has 17 heavy (non-hydrogen) atoms. The van der Waals surface area contributed by atoms with Gasteiger partial charge in [-0.1, -0.05) is 29.8 Å². The van der Waals surface area contributed by atoms with Gasteiger partial charge in [0.1, 0.15) is 0 Å². The molecule has 0 unspecified atom stereocenters. The summed E-state index contributed by atoms with van der Waals surface area (Å²) in [5.74, 6) is -1.93. The molecule has 0 spiro atoms. The van der Waals surface area contributed by atoms with Crippen LogP contribution in [0.15, 0.2) is 16.6 Å². The lowest BCUT2D eigenvalue weighted by Crippen LogP contribution is -2.32. The van der Waals surface area contributed by atoms with Crippen molar-refractivity contribution in [2.75, 3.05) is 20.2 Å². The molecule has 1 N–H and O–H groups in total. The van der Waals surface area contributed by atoms with E-state index in [0.717, 1.165) is 12.6 Å². The topological polar surface area (TPSA) is 21.3 Å². The lowest BCUT2D eigenvalue weighted by molar-refractivity contribution is 0.172. The number of halogens is 3. The quantitative estimate of drug-likeness (QED) is 0.842. The maximum Gasteiger partial charge on any atom is 0.200 e. The smallest absolute Gasteiger partial charge is 0.200 e. The molecule has 0 saturated heterocycles. The third kappa shape index (κ3) is 4.24. The van der Waals surface area contributed by atoms with Crippen molar-refractivity contribution in [3.8, 4) is 5.75 Å². The van der Waals surface area contributed by atoms with Gasteiger partial charge in [0.05, 0.1) is 6.61 Å². The predicted octanol–water partition coefficient (Wildman–Crippen LogP) is 3.35. The summed E-state index contributed by atoms with van der Waals surface area (Å²) in [7, 11) is 1.83. The fraction of sp³-hybridized carbons (Fsp3) is 0.500. The molecule has 0 aliphatic carbocycles. The minimum absolute atomic E-state index is 0.0685. The SMILES string of the molecule is CNCC(C)(C)COc1cc(Br)cc(F)c1F. The highest BCUT2D eigenvalue weighted by Gasteiger charge is 2.20. The Morgan fingerprint density at radius 1 is 1.35 bits per heavy atom. The van der Waals surface area contributed by atoms with E-state index in [4.69, 9.17) is 4.74 Å². The Balaban J connectivity index is 2.76. The van der Waals surface area contributed by atoms with Gasteiger partial charge in [-0.3, -0.25) is 0 Å². The Morgan fingerprint density at radius 3 is 2.59 bits per heavy atom. The monoisotopic (exact) mass is 307 g/mol. The van der Waals surface area contributed by atoms with Crippen molar-refractivity contribution in [1.29, 1.82) is 0 Å². The van der Waals surface area contributed by atoms with E-state index in [-0.39, 0.29) is 11.2 Å². The Kier molecular flexibility index (Phi) is 4.89. The van der Waals surface area contributed by atoms with Crippen molar-refractivity contribution in [2.45, 2.75) is 13.8 Å². The Labute approximate surface area is 108 Å². The van der Waals surface area contributed by atoms with Crippen LogP contribution in [-0.4, -0.2) is 20.2 Å². The van der Waals surface area contributed by atoms with E-state index < -0.39 is 11.6 Å². The maximum absolute atomic E-state index is 13.4. The molecule has 0 heterocycles. The zero-order chi connectivity index (χ0) is 13.1. The lowest BCUT2D eigenvalue weighted by Gasteiger charge is -2.24. The molecule has 0 bridgehead atoms. The molecule has 0 fully saturated rings. The fourth-order valence-corrected chi connectivity index (χ4v) is 1.85. The number of ether oxygens (including phenoxy) is 1. The molecule has 0 aliphatic rings. The minimum atomic E-state index is -0.951. The van der Waals surface area contributed by atoms with E-state index >= 15 is 0 Å². The van der Waals surface area contributed by atoms with Gasteiger partial charge in [0.25, 0.3) is 0 Å². The second-order valence-corrected chi connectivity index (χ2v) is 5.60. The van der Waals surface area contributed by atoms with Crippen LogP contribution in [0.2, 0.25) is 0 Å². The van der Waals surface area contributed by atoms with Gasteiger partial charge < -0.3 is 10.1 Å². The van der Waals surface area contributed by atoms with Crippen LogP contribution in [-0.2, 0) is 0 Å². The first-order valence-corrected chi connectivity index (χ1v) is 6.07. The average molecular weight is 308 g/mol. The van der Waals surface area contributed by atoms with Crippen molar-refractivity contribution in [1.82, 2.24) is 5.32 Å². The summed E-state index contributed by atoms with van der Waals surface area (Å²) in [6.45, 7) is 5.00. The number of hydrogen-bond donors (Lipinski definition) is 1. The van der Waals surface area contributed by atoms with Gasteiger partial charge in [0.15, 0.2) is 11.6 Å². The Hall–Kier alpha value is -0.680. The van der Waals surface area contributed by atoms with E-state index in [2.05, 4.69) is 21.2 Å². The fourth-order valence-electron chi connectivity index (χ4n) is 1.44. The first-order valence-electron chi connectivity index (χ1n) is 5.28. The van der Waals surface area contributed by atoms with Crippen LogP contribution in [0, 0.1) is 17.0 Å². The zero-order valence-electron chi connectivity index (χ0n) is 10.1. The molecular formula is C12H16BrF2NO. The molecule has 0 radical (unpaired) electrons. The molecule has 0 amide bonds. The van der Waals surface area contributed by atoms with Crippen molar-refractivity contribution in [3.05, 3.63) is 28.2 Å². The standard InChI is InChI=1S/C12H16BrF2NO/c1-12(2,6-16-3)7-17-10-5-8(13)4-9(14)11(10)15/h4-5,16H,6-7H2,1-3H3. The van der Waals surface area contributed by atoms with Gasteiger partial charge in [-0.2, -0.15) is 4.39 Å². The van der Waals surface area contributed by atoms with Crippen molar-refractivity contribution in [2.24, 2.45) is 5.41 Å². The number of rotatable bonds is 5. The molecule has 1 rings (SSSR count). The van der Waals surface area contributed by atoms with Crippen LogP contribution >= 0.6 is 15.9 Å². The summed E-state index contributed by atoms with van der Waals surface area (Å²) < 4.78 is 32.3. The number of hydrogen-bond acceptors (Lipinski definition) is 2. The van der Waals surface area contributed by atoms with Gasteiger partial charge in [-0.15, -0.1) is 0 Å². The number of nitrogens with one attached hydrogen (secondary N) is 1. The van der Waals surface area contributed by atoms with E-state index in [9.17, 15) is 8.78 Å². The van der Waals surface area contributed by atoms with Crippen LogP contribution < -0.4 is 10.1 Å². The number of benzene rings is 1. The molecule has 0 atom stereocenters. The summed E-state index contributed by atoms with van der Waals surface area (Å²) in [5, 5.41) is 3.02. The molecule has 2 nitrogen and oxygen atoms in total. The second kappa shape index (κ2) is 5.78. The van der Waals surface area contributed by atoms with Gasteiger partial charge in [0, 0.05) is 16.4 Å². The molecule has 1 aromatic rings. The summed E-state index contributed by atoms with van der Waals surface area (Å²) in [4.78, 5) is 0. The van der Waals surface area contributed by atoms with Crippen LogP contribution in [0.3, 0.4) is 0 Å². The maximum atomic E-state index is 13.4. The summed E-state index contributed by atoms with van der Waals surface area (Å²) in [5.41, 5.74) is -0.153. The predicted molar refractivity (Wildman–Crippen MR) is 67.3 cm³/mol. The third-order valence-corrected chi connectivity index (χ3v) is 2.69. The van der Waals surface area contributed by atoms with Crippen LogP contribution in [0.5, 0.6) is 5.75 Å². The highest BCUT2D eigenvalue weighted by molar-refractivity contribution is 9.10. The highest BCUT2D eigenvalue weighted by atomic mass is 79.9. The van der Waals surface area contributed by atoms with Crippen molar-refractivity contribution >= 4 is 15.9 Å². The normalized spacial score (nSPS) is 11.6. The second-order valence-electron chi connectivity index (χ2n) is 4.68. The van der Waals surface area contributed by atoms with Gasteiger partial charge in [-0.05, 0) is 19.2 Å². The van der Waals surface area contributed by atoms with Crippen molar-refractivity contribution < 1.29 is 13.5 Å². The van der Waals surface area contributed by atoms with Gasteiger partial charge in [0.2, 0.25) is 5.82 Å². The molecule has 5 heteroatoms. The largest absolute Gasteiger partial charge is 0.490 e. The molecule has 0 aliphatic heterocycles. The molecular weight excluding hydrogens is 292 g/mol. The minimum Gasteiger partial charge on any atom is -0.490 e. The van der Waals surface area contributed by atoms with Crippen LogP contribution in [0.25, 0.3) is 0 Å². The van der Waals surface area contributed by atoms with Crippen LogP contribution in [0.4, 0.5) is 8.78 Å². The summed E-state index contributed by atoms with van der Waals surface area (Å²) >= 11 is 3.10. The Morgan fingerprint density at radius 2 is 2.00 bits per heavy atom.